The first-order chi connectivity index (χ1) is 13.9. The standard InChI is InChI=1S/C21H20N2O5S/c1-22-20(24)14-28-21(25)12-15-6-9-18(10-7-15)23-29(26,27)19-11-8-16-4-2-3-5-17(16)13-19/h2-11,13,23H,12,14H2,1H3,(H,22,24). The van der Waals surface area contributed by atoms with Crippen molar-refractivity contribution in [1.29, 1.82) is 0 Å². The molecule has 8 heteroatoms. The third-order valence-corrected chi connectivity index (χ3v) is 5.61. The number of carbonyl (C=O) groups excluding carboxylic acids is 2. The van der Waals surface area contributed by atoms with Gasteiger partial charge in [0.1, 0.15) is 0 Å². The number of hydrogen-bond acceptors (Lipinski definition) is 5. The number of rotatable bonds is 7. The van der Waals surface area contributed by atoms with E-state index in [0.717, 1.165) is 10.8 Å². The molecule has 1 amide bonds. The largest absolute Gasteiger partial charge is 0.455 e. The van der Waals surface area contributed by atoms with Crippen LogP contribution in [0.4, 0.5) is 5.69 Å². The van der Waals surface area contributed by atoms with Crippen molar-refractivity contribution < 1.29 is 22.7 Å². The number of benzene rings is 3. The maximum absolute atomic E-state index is 12.7. The first-order valence-corrected chi connectivity index (χ1v) is 10.3. The molecule has 0 aliphatic rings. The highest BCUT2D eigenvalue weighted by molar-refractivity contribution is 7.92. The molecular formula is C21H20N2O5S. The summed E-state index contributed by atoms with van der Waals surface area (Å²) in [7, 11) is -2.30. The van der Waals surface area contributed by atoms with E-state index in [0.29, 0.717) is 11.3 Å². The van der Waals surface area contributed by atoms with Gasteiger partial charge < -0.3 is 10.1 Å². The summed E-state index contributed by atoms with van der Waals surface area (Å²) in [5.74, 6) is -0.935. The lowest BCUT2D eigenvalue weighted by Crippen LogP contribution is -2.25. The van der Waals surface area contributed by atoms with Crippen LogP contribution in [0.5, 0.6) is 0 Å². The molecule has 0 unspecified atom stereocenters. The van der Waals surface area contributed by atoms with Gasteiger partial charge in [-0.3, -0.25) is 14.3 Å². The smallest absolute Gasteiger partial charge is 0.310 e. The van der Waals surface area contributed by atoms with Crippen molar-refractivity contribution in [3.8, 4) is 0 Å². The van der Waals surface area contributed by atoms with Crippen LogP contribution in [0.3, 0.4) is 0 Å². The average molecular weight is 412 g/mol. The van der Waals surface area contributed by atoms with Crippen molar-refractivity contribution in [2.75, 3.05) is 18.4 Å². The second-order valence-electron chi connectivity index (χ2n) is 6.32. The SMILES string of the molecule is CNC(=O)COC(=O)Cc1ccc(NS(=O)(=O)c2ccc3ccccc3c2)cc1. The van der Waals surface area contributed by atoms with Gasteiger partial charge in [0.15, 0.2) is 6.61 Å². The molecule has 150 valence electrons. The van der Waals surface area contributed by atoms with Gasteiger partial charge in [0.2, 0.25) is 0 Å². The molecule has 0 atom stereocenters. The Morgan fingerprint density at radius 3 is 2.31 bits per heavy atom. The average Bonchev–Trinajstić information content (AvgIpc) is 2.72. The molecule has 0 saturated carbocycles. The number of hydrogen-bond donors (Lipinski definition) is 2. The maximum Gasteiger partial charge on any atom is 0.310 e. The monoisotopic (exact) mass is 412 g/mol. The molecule has 0 aliphatic carbocycles. The van der Waals surface area contributed by atoms with Crippen LogP contribution in [-0.4, -0.2) is 33.9 Å². The van der Waals surface area contributed by atoms with Crippen LogP contribution >= 0.6 is 0 Å². The number of anilines is 1. The zero-order valence-electron chi connectivity index (χ0n) is 15.7. The van der Waals surface area contributed by atoms with E-state index in [1.54, 1.807) is 42.5 Å². The number of likely N-dealkylation sites (N-methyl/N-ethyl adjacent to an activating group) is 1. The summed E-state index contributed by atoms with van der Waals surface area (Å²) in [6.07, 6.45) is -0.0191. The van der Waals surface area contributed by atoms with E-state index in [1.165, 1.54) is 7.05 Å². The Bertz CT molecular complexity index is 1140. The molecule has 0 aromatic heterocycles. The van der Waals surface area contributed by atoms with Crippen LogP contribution in [0.25, 0.3) is 10.8 Å². The van der Waals surface area contributed by atoms with Crippen molar-refractivity contribution in [3.05, 3.63) is 72.3 Å². The molecule has 3 rings (SSSR count). The Labute approximate surface area is 168 Å². The Morgan fingerprint density at radius 1 is 0.931 bits per heavy atom. The summed E-state index contributed by atoms with van der Waals surface area (Å²) in [5.41, 5.74) is 1.01. The Morgan fingerprint density at radius 2 is 1.62 bits per heavy atom. The summed E-state index contributed by atoms with van der Waals surface area (Å²) >= 11 is 0. The highest BCUT2D eigenvalue weighted by atomic mass is 32.2. The molecule has 2 N–H and O–H groups in total. The van der Waals surface area contributed by atoms with Crippen LogP contribution in [0.2, 0.25) is 0 Å². The van der Waals surface area contributed by atoms with E-state index in [2.05, 4.69) is 10.0 Å². The van der Waals surface area contributed by atoms with Crippen LogP contribution < -0.4 is 10.0 Å². The molecule has 29 heavy (non-hydrogen) atoms. The van der Waals surface area contributed by atoms with Crippen LogP contribution in [0, 0.1) is 0 Å². The maximum atomic E-state index is 12.7. The quantitative estimate of drug-likeness (QED) is 0.581. The Kier molecular flexibility index (Phi) is 6.13. The second-order valence-corrected chi connectivity index (χ2v) is 8.00. The van der Waals surface area contributed by atoms with E-state index >= 15 is 0 Å². The first-order valence-electron chi connectivity index (χ1n) is 8.84. The van der Waals surface area contributed by atoms with Gasteiger partial charge in [-0.25, -0.2) is 8.42 Å². The van der Waals surface area contributed by atoms with Gasteiger partial charge in [-0.1, -0.05) is 42.5 Å². The molecule has 3 aromatic carbocycles. The highest BCUT2D eigenvalue weighted by Gasteiger charge is 2.15. The molecule has 3 aromatic rings. The molecule has 0 radical (unpaired) electrons. The molecule has 0 saturated heterocycles. The van der Waals surface area contributed by atoms with Crippen LogP contribution in [0.15, 0.2) is 71.6 Å². The number of esters is 1. The normalized spacial score (nSPS) is 11.1. The van der Waals surface area contributed by atoms with Gasteiger partial charge in [-0.05, 0) is 40.6 Å². The van der Waals surface area contributed by atoms with Crippen molar-refractivity contribution >= 4 is 38.4 Å². The Hall–Kier alpha value is -3.39. The van der Waals surface area contributed by atoms with Crippen molar-refractivity contribution in [2.45, 2.75) is 11.3 Å². The minimum atomic E-state index is -3.75. The minimum absolute atomic E-state index is 0.0191. The summed E-state index contributed by atoms with van der Waals surface area (Å²) < 4.78 is 32.7. The number of ether oxygens (including phenoxy) is 1. The third-order valence-electron chi connectivity index (χ3n) is 4.23. The van der Waals surface area contributed by atoms with Crippen molar-refractivity contribution in [3.63, 3.8) is 0 Å². The zero-order chi connectivity index (χ0) is 20.9. The predicted octanol–water partition coefficient (Wildman–Crippen LogP) is 2.47. The molecule has 0 spiro atoms. The molecule has 7 nitrogen and oxygen atoms in total. The number of sulfonamides is 1. The molecule has 0 bridgehead atoms. The highest BCUT2D eigenvalue weighted by Crippen LogP contribution is 2.21. The van der Waals surface area contributed by atoms with Gasteiger partial charge in [0.25, 0.3) is 15.9 Å². The van der Waals surface area contributed by atoms with E-state index in [9.17, 15) is 18.0 Å². The fourth-order valence-corrected chi connectivity index (χ4v) is 3.77. The summed E-state index contributed by atoms with van der Waals surface area (Å²) in [4.78, 5) is 23.0. The van der Waals surface area contributed by atoms with Gasteiger partial charge in [0, 0.05) is 12.7 Å². The third kappa shape index (κ3) is 5.32. The Balaban J connectivity index is 1.66. The molecule has 0 fully saturated rings. The fourth-order valence-electron chi connectivity index (χ4n) is 2.68. The fraction of sp³-hybridized carbons (Fsp3) is 0.143. The lowest BCUT2D eigenvalue weighted by Gasteiger charge is -2.10. The van der Waals surface area contributed by atoms with Gasteiger partial charge in [0.05, 0.1) is 11.3 Å². The van der Waals surface area contributed by atoms with Gasteiger partial charge in [-0.2, -0.15) is 0 Å². The number of nitrogens with one attached hydrogen (secondary N) is 2. The topological polar surface area (TPSA) is 102 Å². The van der Waals surface area contributed by atoms with Crippen LogP contribution in [-0.2, 0) is 30.8 Å². The van der Waals surface area contributed by atoms with Gasteiger partial charge in [-0.15, -0.1) is 0 Å². The second kappa shape index (κ2) is 8.74. The van der Waals surface area contributed by atoms with Gasteiger partial charge >= 0.3 is 5.97 Å². The minimum Gasteiger partial charge on any atom is -0.455 e. The van der Waals surface area contributed by atoms with E-state index in [4.69, 9.17) is 4.74 Å². The lowest BCUT2D eigenvalue weighted by atomic mass is 10.1. The molecular weight excluding hydrogens is 392 g/mol. The van der Waals surface area contributed by atoms with Crippen molar-refractivity contribution in [1.82, 2.24) is 5.32 Å². The van der Waals surface area contributed by atoms with Crippen molar-refractivity contribution in [2.24, 2.45) is 0 Å². The summed E-state index contributed by atoms with van der Waals surface area (Å²) in [6, 6.07) is 18.8. The van der Waals surface area contributed by atoms with E-state index in [1.807, 2.05) is 24.3 Å². The summed E-state index contributed by atoms with van der Waals surface area (Å²) in [6.45, 7) is -0.334. The molecule has 0 heterocycles. The van der Waals surface area contributed by atoms with Crippen LogP contribution in [0.1, 0.15) is 5.56 Å². The molecule has 0 aliphatic heterocycles. The first kappa shape index (κ1) is 20.3. The van der Waals surface area contributed by atoms with E-state index in [-0.39, 0.29) is 17.9 Å². The van der Waals surface area contributed by atoms with E-state index < -0.39 is 21.9 Å². The predicted molar refractivity (Wildman–Crippen MR) is 110 cm³/mol. The zero-order valence-corrected chi connectivity index (χ0v) is 16.5. The lowest BCUT2D eigenvalue weighted by molar-refractivity contribution is -0.147. The number of fused-ring (bicyclic) bond motifs is 1. The number of carbonyl (C=O) groups is 2. The summed E-state index contributed by atoms with van der Waals surface area (Å²) in [5, 5.41) is 4.15. The number of amides is 1.